The van der Waals surface area contributed by atoms with Gasteiger partial charge in [-0.1, -0.05) is 6.07 Å². The van der Waals surface area contributed by atoms with Crippen molar-refractivity contribution in [2.24, 2.45) is 5.73 Å². The molecule has 0 saturated carbocycles. The Bertz CT molecular complexity index is 658. The van der Waals surface area contributed by atoms with Gasteiger partial charge in [-0.2, -0.15) is 0 Å². The molecule has 0 aliphatic heterocycles. The standard InChI is InChI=1S/C16H19N3O3.ClH/c1-11(10-17)19(2)16(21)12-5-3-6-13(9-12)18-15(20)14-7-4-8-22-14;/h3-9,11H,10,17H2,1-2H3,(H,18,20);1H. The minimum Gasteiger partial charge on any atom is -0.459 e. The summed E-state index contributed by atoms with van der Waals surface area (Å²) in [7, 11) is 1.70. The van der Waals surface area contributed by atoms with Crippen LogP contribution in [0.4, 0.5) is 5.69 Å². The molecule has 7 heteroatoms. The van der Waals surface area contributed by atoms with Gasteiger partial charge in [-0.3, -0.25) is 9.59 Å². The second kappa shape index (κ2) is 8.36. The molecule has 0 radical (unpaired) electrons. The minimum absolute atomic E-state index is 0. The van der Waals surface area contributed by atoms with E-state index in [-0.39, 0.29) is 36.0 Å². The zero-order valence-electron chi connectivity index (χ0n) is 13.0. The average Bonchev–Trinajstić information content (AvgIpc) is 3.07. The number of nitrogens with two attached hydrogens (primary N) is 1. The van der Waals surface area contributed by atoms with Crippen LogP contribution in [0.2, 0.25) is 0 Å². The van der Waals surface area contributed by atoms with Crippen molar-refractivity contribution in [3.63, 3.8) is 0 Å². The molecule has 1 atom stereocenters. The summed E-state index contributed by atoms with van der Waals surface area (Å²) in [5.74, 6) is -0.295. The van der Waals surface area contributed by atoms with Crippen LogP contribution < -0.4 is 11.1 Å². The first-order valence-corrected chi connectivity index (χ1v) is 6.95. The number of hydrogen-bond donors (Lipinski definition) is 2. The minimum atomic E-state index is -0.363. The van der Waals surface area contributed by atoms with Crippen LogP contribution in [-0.2, 0) is 0 Å². The van der Waals surface area contributed by atoms with Crippen molar-refractivity contribution in [1.29, 1.82) is 0 Å². The molecule has 0 fully saturated rings. The number of benzene rings is 1. The third-order valence-electron chi connectivity index (χ3n) is 3.43. The highest BCUT2D eigenvalue weighted by Gasteiger charge is 2.17. The molecule has 0 aliphatic rings. The largest absolute Gasteiger partial charge is 0.459 e. The highest BCUT2D eigenvalue weighted by atomic mass is 35.5. The lowest BCUT2D eigenvalue weighted by Gasteiger charge is -2.23. The summed E-state index contributed by atoms with van der Waals surface area (Å²) >= 11 is 0. The second-order valence-corrected chi connectivity index (χ2v) is 5.01. The predicted octanol–water partition coefficient (Wildman–Crippen LogP) is 2.37. The van der Waals surface area contributed by atoms with Gasteiger partial charge in [0.1, 0.15) is 0 Å². The molecule has 23 heavy (non-hydrogen) atoms. The summed E-state index contributed by atoms with van der Waals surface area (Å²) in [6.45, 7) is 2.26. The van der Waals surface area contributed by atoms with Gasteiger partial charge >= 0.3 is 0 Å². The molecule has 0 saturated heterocycles. The number of nitrogens with one attached hydrogen (secondary N) is 1. The van der Waals surface area contributed by atoms with Crippen molar-refractivity contribution in [1.82, 2.24) is 4.90 Å². The molecule has 6 nitrogen and oxygen atoms in total. The van der Waals surface area contributed by atoms with Crippen LogP contribution in [0.15, 0.2) is 47.1 Å². The summed E-state index contributed by atoms with van der Waals surface area (Å²) in [5, 5.41) is 2.69. The SMILES string of the molecule is CC(CN)N(C)C(=O)c1cccc(NC(=O)c2ccco2)c1.Cl. The molecule has 1 aromatic carbocycles. The molecule has 124 valence electrons. The Kier molecular flexibility index (Phi) is 6.81. The maximum atomic E-state index is 12.4. The van der Waals surface area contributed by atoms with Crippen LogP contribution in [0, 0.1) is 0 Å². The number of halogens is 1. The number of carbonyl (C=O) groups is 2. The fourth-order valence-electron chi connectivity index (χ4n) is 1.89. The predicted molar refractivity (Wildman–Crippen MR) is 91.0 cm³/mol. The van der Waals surface area contributed by atoms with Gasteiger partial charge in [0.15, 0.2) is 5.76 Å². The number of anilines is 1. The van der Waals surface area contributed by atoms with E-state index >= 15 is 0 Å². The molecule has 1 heterocycles. The maximum Gasteiger partial charge on any atom is 0.291 e. The number of nitrogens with zero attached hydrogens (tertiary/aromatic N) is 1. The van der Waals surface area contributed by atoms with Gasteiger partial charge in [0.05, 0.1) is 6.26 Å². The molecule has 3 N–H and O–H groups in total. The van der Waals surface area contributed by atoms with Crippen molar-refractivity contribution in [2.75, 3.05) is 18.9 Å². The maximum absolute atomic E-state index is 12.4. The topological polar surface area (TPSA) is 88.6 Å². The summed E-state index contributed by atoms with van der Waals surface area (Å²) < 4.78 is 5.03. The lowest BCUT2D eigenvalue weighted by molar-refractivity contribution is 0.0748. The van der Waals surface area contributed by atoms with Gasteiger partial charge in [-0.25, -0.2) is 0 Å². The number of likely N-dealkylation sites (N-methyl/N-ethyl adjacent to an activating group) is 1. The van der Waals surface area contributed by atoms with E-state index in [0.29, 0.717) is 17.8 Å². The van der Waals surface area contributed by atoms with Gasteiger partial charge in [-0.15, -0.1) is 12.4 Å². The van der Waals surface area contributed by atoms with E-state index in [0.717, 1.165) is 0 Å². The summed E-state index contributed by atoms with van der Waals surface area (Å²) in [5.41, 5.74) is 6.59. The Labute approximate surface area is 141 Å². The fraction of sp³-hybridized carbons (Fsp3) is 0.250. The molecule has 1 unspecified atom stereocenters. The number of amides is 2. The van der Waals surface area contributed by atoms with Crippen molar-refractivity contribution < 1.29 is 14.0 Å². The van der Waals surface area contributed by atoms with Gasteiger partial charge in [0.25, 0.3) is 11.8 Å². The fourth-order valence-corrected chi connectivity index (χ4v) is 1.89. The van der Waals surface area contributed by atoms with E-state index in [9.17, 15) is 9.59 Å². The highest BCUT2D eigenvalue weighted by Crippen LogP contribution is 2.15. The molecule has 0 aliphatic carbocycles. The zero-order valence-corrected chi connectivity index (χ0v) is 13.8. The van der Waals surface area contributed by atoms with Gasteiger partial charge in [-0.05, 0) is 37.3 Å². The first-order chi connectivity index (χ1) is 10.5. The van der Waals surface area contributed by atoms with Gasteiger partial charge in [0, 0.05) is 30.9 Å². The molecule has 1 aromatic heterocycles. The van der Waals surface area contributed by atoms with Gasteiger partial charge < -0.3 is 20.4 Å². The van der Waals surface area contributed by atoms with E-state index in [4.69, 9.17) is 10.2 Å². The second-order valence-electron chi connectivity index (χ2n) is 5.01. The highest BCUT2D eigenvalue weighted by molar-refractivity contribution is 6.03. The van der Waals surface area contributed by atoms with E-state index in [1.807, 2.05) is 6.92 Å². The first-order valence-electron chi connectivity index (χ1n) is 6.95. The molecular weight excluding hydrogens is 318 g/mol. The summed E-state index contributed by atoms with van der Waals surface area (Å²) in [4.78, 5) is 25.9. The van der Waals surface area contributed by atoms with Crippen molar-refractivity contribution in [3.05, 3.63) is 54.0 Å². The first kappa shape index (κ1) is 18.7. The number of furan rings is 1. The van der Waals surface area contributed by atoms with Crippen LogP contribution in [0.1, 0.15) is 27.8 Å². The number of carbonyl (C=O) groups excluding carboxylic acids is 2. The lowest BCUT2D eigenvalue weighted by Crippen LogP contribution is -2.39. The van der Waals surface area contributed by atoms with Crippen LogP contribution in [0.25, 0.3) is 0 Å². The van der Waals surface area contributed by atoms with Crippen molar-refractivity contribution in [2.45, 2.75) is 13.0 Å². The third kappa shape index (κ3) is 4.58. The molecular formula is C16H20ClN3O3. The Morgan fingerprint density at radius 1 is 1.30 bits per heavy atom. The number of hydrogen-bond acceptors (Lipinski definition) is 4. The van der Waals surface area contributed by atoms with Gasteiger partial charge in [0.2, 0.25) is 0 Å². The van der Waals surface area contributed by atoms with E-state index < -0.39 is 0 Å². The molecule has 2 amide bonds. The molecule has 2 rings (SSSR count). The quantitative estimate of drug-likeness (QED) is 0.876. The number of rotatable bonds is 5. The van der Waals surface area contributed by atoms with Crippen LogP contribution >= 0.6 is 12.4 Å². The Morgan fingerprint density at radius 3 is 2.65 bits per heavy atom. The summed E-state index contributed by atoms with van der Waals surface area (Å²) in [6.07, 6.45) is 1.43. The van der Waals surface area contributed by atoms with Crippen LogP contribution in [0.3, 0.4) is 0 Å². The summed E-state index contributed by atoms with van der Waals surface area (Å²) in [6, 6.07) is 9.90. The Morgan fingerprint density at radius 2 is 2.04 bits per heavy atom. The monoisotopic (exact) mass is 337 g/mol. The molecule has 2 aromatic rings. The van der Waals surface area contributed by atoms with E-state index in [2.05, 4.69) is 5.32 Å². The Balaban J connectivity index is 0.00000264. The smallest absolute Gasteiger partial charge is 0.291 e. The van der Waals surface area contributed by atoms with E-state index in [1.165, 1.54) is 6.26 Å². The zero-order chi connectivity index (χ0) is 16.1. The normalized spacial score (nSPS) is 11.3. The molecule has 0 spiro atoms. The van der Waals surface area contributed by atoms with Crippen LogP contribution in [0.5, 0.6) is 0 Å². The lowest BCUT2D eigenvalue weighted by atomic mass is 10.1. The van der Waals surface area contributed by atoms with Crippen LogP contribution in [-0.4, -0.2) is 36.3 Å². The third-order valence-corrected chi connectivity index (χ3v) is 3.43. The van der Waals surface area contributed by atoms with Crippen molar-refractivity contribution >= 4 is 29.9 Å². The average molecular weight is 338 g/mol. The van der Waals surface area contributed by atoms with Crippen molar-refractivity contribution in [3.8, 4) is 0 Å². The molecule has 0 bridgehead atoms. The van der Waals surface area contributed by atoms with E-state index in [1.54, 1.807) is 48.3 Å². The Hall–Kier alpha value is -2.31.